The molecule has 0 amide bonds. The fourth-order valence-electron chi connectivity index (χ4n) is 4.32. The molecule has 31 heavy (non-hydrogen) atoms. The van der Waals surface area contributed by atoms with Crippen LogP contribution in [-0.2, 0) is 6.54 Å². The van der Waals surface area contributed by atoms with E-state index in [0.29, 0.717) is 18.0 Å². The summed E-state index contributed by atoms with van der Waals surface area (Å²) in [5.41, 5.74) is 9.64. The lowest BCUT2D eigenvalue weighted by Crippen LogP contribution is -2.22. The standard InChI is InChI=1S/C25H20N4O2/c1-15-21-23(22-18-10-6-5-9-17(18)11-12-20(22)30)19(13-26)24(27)31-25(21)29(28-15)14-16-7-3-2-4-8-16/h2-12,23,30H,14,27H2,1H3/t23-/m1/s1. The van der Waals surface area contributed by atoms with Crippen LogP contribution in [0.2, 0.25) is 0 Å². The highest BCUT2D eigenvalue weighted by molar-refractivity contribution is 5.89. The average molecular weight is 408 g/mol. The quantitative estimate of drug-likeness (QED) is 0.526. The zero-order valence-electron chi connectivity index (χ0n) is 16.9. The van der Waals surface area contributed by atoms with Gasteiger partial charge in [0.15, 0.2) is 0 Å². The molecule has 1 aliphatic rings. The lowest BCUT2D eigenvalue weighted by atomic mass is 9.81. The van der Waals surface area contributed by atoms with Gasteiger partial charge in [0, 0.05) is 5.56 Å². The van der Waals surface area contributed by atoms with Gasteiger partial charge in [-0.2, -0.15) is 10.4 Å². The van der Waals surface area contributed by atoms with Gasteiger partial charge in [0.25, 0.3) is 0 Å². The number of nitrogens with two attached hydrogens (primary N) is 1. The van der Waals surface area contributed by atoms with Gasteiger partial charge in [0.1, 0.15) is 17.4 Å². The molecule has 6 heteroatoms. The van der Waals surface area contributed by atoms with Crippen LogP contribution in [0, 0.1) is 18.3 Å². The molecule has 0 fully saturated rings. The van der Waals surface area contributed by atoms with Crippen molar-refractivity contribution in [1.82, 2.24) is 9.78 Å². The predicted octanol–water partition coefficient (Wildman–Crippen LogP) is 4.32. The summed E-state index contributed by atoms with van der Waals surface area (Å²) in [7, 11) is 0. The minimum Gasteiger partial charge on any atom is -0.508 e. The number of nitrogens with zero attached hydrogens (tertiary/aromatic N) is 3. The van der Waals surface area contributed by atoms with E-state index in [0.717, 1.165) is 27.6 Å². The van der Waals surface area contributed by atoms with E-state index < -0.39 is 5.92 Å². The fraction of sp³-hybridized carbons (Fsp3) is 0.120. The summed E-state index contributed by atoms with van der Waals surface area (Å²) in [6, 6.07) is 23.4. The molecule has 0 saturated carbocycles. The first-order valence-electron chi connectivity index (χ1n) is 9.98. The Kier molecular flexibility index (Phi) is 4.37. The Morgan fingerprint density at radius 1 is 1.06 bits per heavy atom. The second-order valence-corrected chi connectivity index (χ2v) is 7.59. The summed E-state index contributed by atoms with van der Waals surface area (Å²) in [5, 5.41) is 27.3. The van der Waals surface area contributed by atoms with Gasteiger partial charge in [-0.25, -0.2) is 4.68 Å². The first-order chi connectivity index (χ1) is 15.1. The van der Waals surface area contributed by atoms with Gasteiger partial charge in [-0.15, -0.1) is 0 Å². The highest BCUT2D eigenvalue weighted by Crippen LogP contribution is 2.48. The number of nitriles is 1. The van der Waals surface area contributed by atoms with Gasteiger partial charge in [-0.05, 0) is 29.3 Å². The maximum Gasteiger partial charge on any atom is 0.224 e. The van der Waals surface area contributed by atoms with Gasteiger partial charge >= 0.3 is 0 Å². The topological polar surface area (TPSA) is 97.1 Å². The van der Waals surface area contributed by atoms with Crippen LogP contribution >= 0.6 is 0 Å². The zero-order chi connectivity index (χ0) is 21.5. The summed E-state index contributed by atoms with van der Waals surface area (Å²) >= 11 is 0. The van der Waals surface area contributed by atoms with Crippen LogP contribution in [0.15, 0.2) is 78.2 Å². The molecule has 0 spiro atoms. The third-order valence-electron chi connectivity index (χ3n) is 5.71. The van der Waals surface area contributed by atoms with Crippen molar-refractivity contribution < 1.29 is 9.84 Å². The first kappa shape index (κ1) is 18.8. The second-order valence-electron chi connectivity index (χ2n) is 7.59. The summed E-state index contributed by atoms with van der Waals surface area (Å²) in [4.78, 5) is 0. The monoisotopic (exact) mass is 408 g/mol. The summed E-state index contributed by atoms with van der Waals surface area (Å²) < 4.78 is 7.68. The molecule has 4 aromatic rings. The molecule has 1 aliphatic heterocycles. The Hall–Kier alpha value is -4.24. The summed E-state index contributed by atoms with van der Waals surface area (Å²) in [5.74, 6) is 0.0495. The van der Waals surface area contributed by atoms with Crippen LogP contribution in [-0.4, -0.2) is 14.9 Å². The highest BCUT2D eigenvalue weighted by atomic mass is 16.5. The molecule has 0 aliphatic carbocycles. The lowest BCUT2D eigenvalue weighted by Gasteiger charge is -2.26. The predicted molar refractivity (Wildman–Crippen MR) is 117 cm³/mol. The Morgan fingerprint density at radius 3 is 2.58 bits per heavy atom. The van der Waals surface area contributed by atoms with Gasteiger partial charge < -0.3 is 15.6 Å². The van der Waals surface area contributed by atoms with Crippen LogP contribution in [0.5, 0.6) is 11.6 Å². The Balaban J connectivity index is 1.75. The summed E-state index contributed by atoms with van der Waals surface area (Å²) in [6.45, 7) is 2.38. The molecule has 6 nitrogen and oxygen atoms in total. The normalized spacial score (nSPS) is 15.4. The second kappa shape index (κ2) is 7.22. The number of aromatic hydroxyl groups is 1. The van der Waals surface area contributed by atoms with Crippen molar-refractivity contribution >= 4 is 10.8 Å². The molecule has 3 N–H and O–H groups in total. The largest absolute Gasteiger partial charge is 0.508 e. The van der Waals surface area contributed by atoms with Crippen LogP contribution in [0.25, 0.3) is 10.8 Å². The van der Waals surface area contributed by atoms with Gasteiger partial charge in [-0.1, -0.05) is 60.7 Å². The van der Waals surface area contributed by atoms with E-state index in [1.807, 2.05) is 67.6 Å². The minimum atomic E-state index is -0.579. The number of benzene rings is 3. The number of aromatic nitrogens is 2. The van der Waals surface area contributed by atoms with Crippen LogP contribution < -0.4 is 10.5 Å². The Bertz CT molecular complexity index is 1380. The smallest absolute Gasteiger partial charge is 0.224 e. The Labute approximate surface area is 179 Å². The number of fused-ring (bicyclic) bond motifs is 2. The third-order valence-corrected chi connectivity index (χ3v) is 5.71. The van der Waals surface area contributed by atoms with Gasteiger partial charge in [-0.3, -0.25) is 0 Å². The van der Waals surface area contributed by atoms with E-state index in [2.05, 4.69) is 6.07 Å². The van der Waals surface area contributed by atoms with E-state index in [1.165, 1.54) is 0 Å². The lowest BCUT2D eigenvalue weighted by molar-refractivity contribution is 0.351. The van der Waals surface area contributed by atoms with Crippen molar-refractivity contribution in [2.45, 2.75) is 19.4 Å². The van der Waals surface area contributed by atoms with Gasteiger partial charge in [0.05, 0.1) is 23.7 Å². The van der Waals surface area contributed by atoms with Crippen molar-refractivity contribution in [3.63, 3.8) is 0 Å². The van der Waals surface area contributed by atoms with Crippen molar-refractivity contribution in [3.05, 3.63) is 101 Å². The maximum atomic E-state index is 10.9. The van der Waals surface area contributed by atoms with Crippen molar-refractivity contribution in [1.29, 1.82) is 5.26 Å². The number of ether oxygens (including phenoxy) is 1. The molecule has 5 rings (SSSR count). The van der Waals surface area contributed by atoms with E-state index in [9.17, 15) is 10.4 Å². The maximum absolute atomic E-state index is 10.9. The number of aryl methyl sites for hydroxylation is 1. The molecule has 3 aromatic carbocycles. The number of allylic oxidation sites excluding steroid dienone is 1. The molecule has 0 unspecified atom stereocenters. The third kappa shape index (κ3) is 2.99. The number of hydrogen-bond acceptors (Lipinski definition) is 5. The molecule has 1 aromatic heterocycles. The Morgan fingerprint density at radius 2 is 1.81 bits per heavy atom. The van der Waals surface area contributed by atoms with Crippen LogP contribution in [0.3, 0.4) is 0 Å². The molecular weight excluding hydrogens is 388 g/mol. The molecule has 0 radical (unpaired) electrons. The molecule has 152 valence electrons. The van der Waals surface area contributed by atoms with Crippen LogP contribution in [0.1, 0.15) is 28.3 Å². The van der Waals surface area contributed by atoms with Crippen molar-refractivity contribution in [2.24, 2.45) is 5.73 Å². The fourth-order valence-corrected chi connectivity index (χ4v) is 4.32. The van der Waals surface area contributed by atoms with Crippen molar-refractivity contribution in [2.75, 3.05) is 0 Å². The van der Waals surface area contributed by atoms with E-state index in [1.54, 1.807) is 10.7 Å². The number of phenolic OH excluding ortho intramolecular Hbond substituents is 1. The summed E-state index contributed by atoms with van der Waals surface area (Å²) in [6.07, 6.45) is 0. The number of phenols is 1. The van der Waals surface area contributed by atoms with E-state index in [4.69, 9.17) is 15.6 Å². The molecule has 2 heterocycles. The first-order valence-corrected chi connectivity index (χ1v) is 9.98. The van der Waals surface area contributed by atoms with Crippen LogP contribution in [0.4, 0.5) is 0 Å². The molecular formula is C25H20N4O2. The number of hydrogen-bond donors (Lipinski definition) is 2. The number of rotatable bonds is 3. The SMILES string of the molecule is Cc1nn(Cc2ccccc2)c2c1[C@H](c1c(O)ccc3ccccc13)C(C#N)=C(N)O2. The van der Waals surface area contributed by atoms with Crippen molar-refractivity contribution in [3.8, 4) is 17.7 Å². The van der Waals surface area contributed by atoms with E-state index in [-0.39, 0.29) is 17.2 Å². The molecule has 0 saturated heterocycles. The molecule has 1 atom stereocenters. The molecule has 0 bridgehead atoms. The van der Waals surface area contributed by atoms with E-state index >= 15 is 0 Å². The average Bonchev–Trinajstić information content (AvgIpc) is 3.08. The zero-order valence-corrected chi connectivity index (χ0v) is 16.9. The minimum absolute atomic E-state index is 0.0292. The highest BCUT2D eigenvalue weighted by Gasteiger charge is 2.37. The van der Waals surface area contributed by atoms with Gasteiger partial charge in [0.2, 0.25) is 11.8 Å².